The molecule has 8 nitrogen and oxygen atoms in total. The summed E-state index contributed by atoms with van der Waals surface area (Å²) in [7, 11) is 2.93. The van der Waals surface area contributed by atoms with Crippen molar-refractivity contribution in [1.29, 1.82) is 0 Å². The van der Waals surface area contributed by atoms with E-state index in [0.717, 1.165) is 11.1 Å². The SMILES string of the molecule is CCC1CN(C(=O)c2ccc(OC)nc2OC)c2cc(C)c(C)cc2N1C(=O)O. The molecule has 0 saturated carbocycles. The summed E-state index contributed by atoms with van der Waals surface area (Å²) in [6.45, 7) is 6.01. The van der Waals surface area contributed by atoms with E-state index in [1.165, 1.54) is 19.1 Å². The topological polar surface area (TPSA) is 92.2 Å². The highest BCUT2D eigenvalue weighted by Gasteiger charge is 2.37. The first-order valence-electron chi connectivity index (χ1n) is 9.36. The zero-order chi connectivity index (χ0) is 21.3. The molecule has 1 aliphatic heterocycles. The third-order valence-electron chi connectivity index (χ3n) is 5.29. The van der Waals surface area contributed by atoms with Gasteiger partial charge in [0, 0.05) is 12.6 Å². The van der Waals surface area contributed by atoms with Crippen LogP contribution in [0.5, 0.6) is 11.8 Å². The molecule has 2 aromatic rings. The minimum Gasteiger partial charge on any atom is -0.481 e. The number of ether oxygens (including phenoxy) is 2. The lowest BCUT2D eigenvalue weighted by Gasteiger charge is -2.41. The highest BCUT2D eigenvalue weighted by molar-refractivity contribution is 6.11. The van der Waals surface area contributed by atoms with Crippen LogP contribution in [0, 0.1) is 13.8 Å². The van der Waals surface area contributed by atoms with Crippen molar-refractivity contribution in [2.45, 2.75) is 33.2 Å². The van der Waals surface area contributed by atoms with E-state index in [9.17, 15) is 14.7 Å². The highest BCUT2D eigenvalue weighted by Crippen LogP contribution is 2.40. The van der Waals surface area contributed by atoms with Gasteiger partial charge >= 0.3 is 6.09 Å². The van der Waals surface area contributed by atoms with E-state index >= 15 is 0 Å². The number of aryl methyl sites for hydroxylation is 2. The summed E-state index contributed by atoms with van der Waals surface area (Å²) in [5, 5.41) is 9.81. The Morgan fingerprint density at radius 1 is 1.14 bits per heavy atom. The van der Waals surface area contributed by atoms with Crippen LogP contribution in [0.4, 0.5) is 16.2 Å². The predicted octanol–water partition coefficient (Wildman–Crippen LogP) is 3.64. The van der Waals surface area contributed by atoms with Gasteiger partial charge < -0.3 is 19.5 Å². The quantitative estimate of drug-likeness (QED) is 0.844. The number of amides is 2. The first kappa shape index (κ1) is 20.4. The third-order valence-corrected chi connectivity index (χ3v) is 5.29. The van der Waals surface area contributed by atoms with Crippen molar-refractivity contribution in [3.05, 3.63) is 41.0 Å². The molecule has 1 unspecified atom stereocenters. The second kappa shape index (κ2) is 7.98. The summed E-state index contributed by atoms with van der Waals surface area (Å²) in [6.07, 6.45) is -0.461. The largest absolute Gasteiger partial charge is 0.481 e. The molecular formula is C21H25N3O5. The van der Waals surface area contributed by atoms with Crippen LogP contribution in [-0.2, 0) is 0 Å². The number of rotatable bonds is 4. The zero-order valence-electron chi connectivity index (χ0n) is 17.2. The molecule has 1 aromatic carbocycles. The molecule has 0 spiro atoms. The fourth-order valence-electron chi connectivity index (χ4n) is 3.55. The van der Waals surface area contributed by atoms with Gasteiger partial charge in [-0.1, -0.05) is 6.92 Å². The first-order valence-corrected chi connectivity index (χ1v) is 9.36. The number of anilines is 2. The standard InChI is InChI=1S/C21H25N3O5/c1-6-14-11-23(20(25)15-7-8-18(28-4)22-19(15)29-5)16-9-12(2)13(3)10-17(16)24(14)21(26)27/h7-10,14H,6,11H2,1-5H3,(H,26,27). The van der Waals surface area contributed by atoms with Gasteiger partial charge in [0.05, 0.1) is 31.6 Å². The lowest BCUT2D eigenvalue weighted by atomic mass is 10.00. The summed E-state index contributed by atoms with van der Waals surface area (Å²) >= 11 is 0. The first-order chi connectivity index (χ1) is 13.8. The number of pyridine rings is 1. The van der Waals surface area contributed by atoms with Crippen molar-refractivity contribution in [2.75, 3.05) is 30.6 Å². The van der Waals surface area contributed by atoms with Gasteiger partial charge in [0.1, 0.15) is 5.56 Å². The van der Waals surface area contributed by atoms with Crippen LogP contribution in [0.3, 0.4) is 0 Å². The van der Waals surface area contributed by atoms with E-state index in [0.29, 0.717) is 23.7 Å². The molecule has 1 aliphatic rings. The van der Waals surface area contributed by atoms with Gasteiger partial charge in [0.2, 0.25) is 11.8 Å². The molecule has 8 heteroatoms. The normalized spacial score (nSPS) is 15.7. The number of carbonyl (C=O) groups is 2. The predicted molar refractivity (Wildman–Crippen MR) is 110 cm³/mol. The monoisotopic (exact) mass is 399 g/mol. The van der Waals surface area contributed by atoms with E-state index in [4.69, 9.17) is 9.47 Å². The maximum Gasteiger partial charge on any atom is 0.412 e. The minimum atomic E-state index is -1.03. The van der Waals surface area contributed by atoms with Crippen molar-refractivity contribution in [2.24, 2.45) is 0 Å². The van der Waals surface area contributed by atoms with Crippen LogP contribution in [0.1, 0.15) is 34.8 Å². The second-order valence-electron chi connectivity index (χ2n) is 6.97. The van der Waals surface area contributed by atoms with Gasteiger partial charge in [-0.2, -0.15) is 4.98 Å². The maximum atomic E-state index is 13.5. The number of hydrogen-bond donors (Lipinski definition) is 1. The van der Waals surface area contributed by atoms with Crippen LogP contribution in [-0.4, -0.2) is 48.9 Å². The Balaban J connectivity index is 2.15. The van der Waals surface area contributed by atoms with E-state index in [2.05, 4.69) is 4.98 Å². The molecule has 154 valence electrons. The fraction of sp³-hybridized carbons (Fsp3) is 0.381. The molecular weight excluding hydrogens is 374 g/mol. The number of hydrogen-bond acceptors (Lipinski definition) is 5. The molecule has 1 atom stereocenters. The number of carbonyl (C=O) groups excluding carboxylic acids is 1. The number of benzene rings is 1. The van der Waals surface area contributed by atoms with Crippen LogP contribution >= 0.6 is 0 Å². The van der Waals surface area contributed by atoms with Crippen molar-refractivity contribution in [3.8, 4) is 11.8 Å². The van der Waals surface area contributed by atoms with E-state index in [1.54, 1.807) is 17.0 Å². The molecule has 0 radical (unpaired) electrons. The number of carboxylic acid groups (broad SMARTS) is 1. The van der Waals surface area contributed by atoms with Gasteiger partial charge in [-0.15, -0.1) is 0 Å². The van der Waals surface area contributed by atoms with E-state index in [1.807, 2.05) is 32.9 Å². The molecule has 0 bridgehead atoms. The Hall–Kier alpha value is -3.29. The van der Waals surface area contributed by atoms with Crippen LogP contribution < -0.4 is 19.3 Å². The Morgan fingerprint density at radius 2 is 1.79 bits per heavy atom. The average molecular weight is 399 g/mol. The number of aromatic nitrogens is 1. The molecule has 0 fully saturated rings. The smallest absolute Gasteiger partial charge is 0.412 e. The highest BCUT2D eigenvalue weighted by atomic mass is 16.5. The Kier molecular flexibility index (Phi) is 5.63. The Morgan fingerprint density at radius 3 is 2.34 bits per heavy atom. The van der Waals surface area contributed by atoms with Crippen molar-refractivity contribution in [3.63, 3.8) is 0 Å². The minimum absolute atomic E-state index is 0.161. The number of fused-ring (bicyclic) bond motifs is 1. The Bertz CT molecular complexity index is 960. The summed E-state index contributed by atoms with van der Waals surface area (Å²) in [6, 6.07) is 6.53. The number of methoxy groups -OCH3 is 2. The summed E-state index contributed by atoms with van der Waals surface area (Å²) in [4.78, 5) is 32.6. The summed E-state index contributed by atoms with van der Waals surface area (Å²) in [5.74, 6) is 0.200. The molecule has 2 amide bonds. The lowest BCUT2D eigenvalue weighted by molar-refractivity contribution is 0.0978. The van der Waals surface area contributed by atoms with Crippen molar-refractivity contribution >= 4 is 23.4 Å². The molecule has 1 aromatic heterocycles. The molecule has 0 aliphatic carbocycles. The fourth-order valence-corrected chi connectivity index (χ4v) is 3.55. The lowest BCUT2D eigenvalue weighted by Crippen LogP contribution is -2.52. The van der Waals surface area contributed by atoms with Crippen LogP contribution in [0.2, 0.25) is 0 Å². The van der Waals surface area contributed by atoms with Gasteiger partial charge in [-0.25, -0.2) is 4.79 Å². The molecule has 29 heavy (non-hydrogen) atoms. The summed E-state index contributed by atoms with van der Waals surface area (Å²) in [5.41, 5.74) is 3.29. The molecule has 1 N–H and O–H groups in total. The maximum absolute atomic E-state index is 13.5. The van der Waals surface area contributed by atoms with Gasteiger partial charge in [0.15, 0.2) is 0 Å². The summed E-state index contributed by atoms with van der Waals surface area (Å²) < 4.78 is 10.4. The van der Waals surface area contributed by atoms with Crippen molar-refractivity contribution in [1.82, 2.24) is 4.98 Å². The van der Waals surface area contributed by atoms with Gasteiger partial charge in [-0.05, 0) is 49.6 Å². The van der Waals surface area contributed by atoms with Gasteiger partial charge in [-0.3, -0.25) is 9.69 Å². The van der Waals surface area contributed by atoms with Crippen LogP contribution in [0.15, 0.2) is 24.3 Å². The zero-order valence-corrected chi connectivity index (χ0v) is 17.2. The second-order valence-corrected chi connectivity index (χ2v) is 6.97. The average Bonchev–Trinajstić information content (AvgIpc) is 2.72. The number of nitrogens with zero attached hydrogens (tertiary/aromatic N) is 3. The van der Waals surface area contributed by atoms with E-state index < -0.39 is 6.09 Å². The van der Waals surface area contributed by atoms with Crippen molar-refractivity contribution < 1.29 is 24.2 Å². The third kappa shape index (κ3) is 3.57. The molecule has 2 heterocycles. The van der Waals surface area contributed by atoms with Crippen LogP contribution in [0.25, 0.3) is 0 Å². The van der Waals surface area contributed by atoms with E-state index in [-0.39, 0.29) is 29.9 Å². The molecule has 0 saturated heterocycles. The molecule has 3 rings (SSSR count). The Labute approximate surface area is 169 Å². The van der Waals surface area contributed by atoms with Gasteiger partial charge in [0.25, 0.3) is 5.91 Å².